The van der Waals surface area contributed by atoms with E-state index in [0.29, 0.717) is 12.1 Å². The van der Waals surface area contributed by atoms with Gasteiger partial charge in [-0.2, -0.15) is 0 Å². The molecule has 104 valence electrons. The molecular weight excluding hydrogens is 252 g/mol. The van der Waals surface area contributed by atoms with Gasteiger partial charge in [0.2, 0.25) is 5.91 Å². The van der Waals surface area contributed by atoms with Crippen LogP contribution in [0.3, 0.4) is 0 Å². The van der Waals surface area contributed by atoms with Crippen LogP contribution in [-0.2, 0) is 11.2 Å². The summed E-state index contributed by atoms with van der Waals surface area (Å²) in [6, 6.07) is 14.8. The monoisotopic (exact) mass is 270 g/mol. The Balaban J connectivity index is 2.13. The Morgan fingerprint density at radius 1 is 1.20 bits per heavy atom. The largest absolute Gasteiger partial charge is 0.497 e. The molecule has 0 radical (unpaired) electrons. The average molecular weight is 270 g/mol. The first kappa shape index (κ1) is 13.9. The van der Waals surface area contributed by atoms with Crippen molar-refractivity contribution < 1.29 is 9.53 Å². The normalized spacial score (nSPS) is 10.1. The van der Waals surface area contributed by atoms with E-state index in [2.05, 4.69) is 0 Å². The van der Waals surface area contributed by atoms with Crippen LogP contribution in [0.15, 0.2) is 48.5 Å². The zero-order valence-corrected chi connectivity index (χ0v) is 11.7. The standard InChI is InChI=1S/C16H18N2O2/c1-18(15-9-4-3-8-14(15)17)16(19)11-12-6-5-7-13(10-12)20-2/h3-10H,11,17H2,1-2H3. The van der Waals surface area contributed by atoms with E-state index in [0.717, 1.165) is 17.0 Å². The van der Waals surface area contributed by atoms with Crippen LogP contribution in [0.5, 0.6) is 5.75 Å². The number of para-hydroxylation sites is 2. The van der Waals surface area contributed by atoms with E-state index in [1.807, 2.05) is 42.5 Å². The number of carbonyl (C=O) groups is 1. The molecule has 0 fully saturated rings. The van der Waals surface area contributed by atoms with E-state index in [4.69, 9.17) is 10.5 Å². The first-order valence-electron chi connectivity index (χ1n) is 6.36. The molecule has 2 N–H and O–H groups in total. The maximum atomic E-state index is 12.3. The number of nitrogen functional groups attached to an aromatic ring is 1. The van der Waals surface area contributed by atoms with E-state index in [1.54, 1.807) is 25.1 Å². The van der Waals surface area contributed by atoms with Crippen molar-refractivity contribution in [1.29, 1.82) is 0 Å². The number of benzene rings is 2. The highest BCUT2D eigenvalue weighted by Gasteiger charge is 2.13. The summed E-state index contributed by atoms with van der Waals surface area (Å²) in [5, 5.41) is 0. The number of rotatable bonds is 4. The van der Waals surface area contributed by atoms with Crippen LogP contribution in [0.4, 0.5) is 11.4 Å². The maximum absolute atomic E-state index is 12.3. The Morgan fingerprint density at radius 2 is 1.95 bits per heavy atom. The zero-order chi connectivity index (χ0) is 14.5. The number of nitrogens with zero attached hydrogens (tertiary/aromatic N) is 1. The second-order valence-corrected chi connectivity index (χ2v) is 4.54. The van der Waals surface area contributed by atoms with Crippen molar-refractivity contribution >= 4 is 17.3 Å². The fraction of sp³-hybridized carbons (Fsp3) is 0.188. The minimum atomic E-state index is -0.0175. The molecule has 0 saturated carbocycles. The molecule has 2 aromatic rings. The van der Waals surface area contributed by atoms with Crippen LogP contribution >= 0.6 is 0 Å². The zero-order valence-electron chi connectivity index (χ0n) is 11.7. The van der Waals surface area contributed by atoms with Gasteiger partial charge in [-0.1, -0.05) is 24.3 Å². The molecule has 0 spiro atoms. The highest BCUT2D eigenvalue weighted by molar-refractivity contribution is 5.96. The molecule has 1 amide bonds. The molecule has 0 heterocycles. The fourth-order valence-electron chi connectivity index (χ4n) is 2.00. The van der Waals surface area contributed by atoms with Gasteiger partial charge in [0, 0.05) is 7.05 Å². The molecule has 0 aliphatic rings. The van der Waals surface area contributed by atoms with E-state index in [-0.39, 0.29) is 5.91 Å². The number of ether oxygens (including phenoxy) is 1. The first-order valence-corrected chi connectivity index (χ1v) is 6.36. The van der Waals surface area contributed by atoms with Crippen molar-refractivity contribution in [3.63, 3.8) is 0 Å². The number of hydrogen-bond donors (Lipinski definition) is 1. The van der Waals surface area contributed by atoms with Gasteiger partial charge in [-0.15, -0.1) is 0 Å². The Kier molecular flexibility index (Phi) is 4.25. The number of anilines is 2. The van der Waals surface area contributed by atoms with Crippen LogP contribution in [0.1, 0.15) is 5.56 Å². The highest BCUT2D eigenvalue weighted by atomic mass is 16.5. The van der Waals surface area contributed by atoms with E-state index in [9.17, 15) is 4.79 Å². The third-order valence-corrected chi connectivity index (χ3v) is 3.16. The summed E-state index contributed by atoms with van der Waals surface area (Å²) in [6.45, 7) is 0. The maximum Gasteiger partial charge on any atom is 0.231 e. The van der Waals surface area contributed by atoms with Gasteiger partial charge in [0.15, 0.2) is 0 Å². The summed E-state index contributed by atoms with van der Waals surface area (Å²) in [5.41, 5.74) is 8.11. The molecule has 4 nitrogen and oxygen atoms in total. The molecular formula is C16H18N2O2. The molecule has 2 rings (SSSR count). The lowest BCUT2D eigenvalue weighted by molar-refractivity contribution is -0.117. The molecule has 0 saturated heterocycles. The lowest BCUT2D eigenvalue weighted by atomic mass is 10.1. The number of carbonyl (C=O) groups excluding carboxylic acids is 1. The molecule has 4 heteroatoms. The van der Waals surface area contributed by atoms with Gasteiger partial charge in [0.25, 0.3) is 0 Å². The van der Waals surface area contributed by atoms with Crippen molar-refractivity contribution in [2.75, 3.05) is 24.8 Å². The van der Waals surface area contributed by atoms with Gasteiger partial charge >= 0.3 is 0 Å². The average Bonchev–Trinajstić information content (AvgIpc) is 2.47. The third kappa shape index (κ3) is 3.09. The Labute approximate surface area is 118 Å². The summed E-state index contributed by atoms with van der Waals surface area (Å²) in [5.74, 6) is 0.730. The molecule has 0 unspecified atom stereocenters. The molecule has 0 aliphatic carbocycles. The van der Waals surface area contributed by atoms with Crippen molar-refractivity contribution in [3.8, 4) is 5.75 Å². The number of likely N-dealkylation sites (N-methyl/N-ethyl adjacent to an activating group) is 1. The van der Waals surface area contributed by atoms with Crippen LogP contribution in [-0.4, -0.2) is 20.1 Å². The predicted molar refractivity (Wildman–Crippen MR) is 81.0 cm³/mol. The summed E-state index contributed by atoms with van der Waals surface area (Å²) >= 11 is 0. The minimum absolute atomic E-state index is 0.0175. The Hall–Kier alpha value is -2.49. The van der Waals surface area contributed by atoms with Crippen molar-refractivity contribution in [3.05, 3.63) is 54.1 Å². The second kappa shape index (κ2) is 6.10. The van der Waals surface area contributed by atoms with Crippen LogP contribution in [0.2, 0.25) is 0 Å². The molecule has 2 aromatic carbocycles. The van der Waals surface area contributed by atoms with Crippen molar-refractivity contribution in [2.45, 2.75) is 6.42 Å². The Morgan fingerprint density at radius 3 is 2.65 bits per heavy atom. The van der Waals surface area contributed by atoms with Gasteiger partial charge < -0.3 is 15.4 Å². The Bertz CT molecular complexity index is 611. The van der Waals surface area contributed by atoms with E-state index >= 15 is 0 Å². The summed E-state index contributed by atoms with van der Waals surface area (Å²) in [6.07, 6.45) is 0.308. The second-order valence-electron chi connectivity index (χ2n) is 4.54. The van der Waals surface area contributed by atoms with Gasteiger partial charge in [-0.05, 0) is 29.8 Å². The quantitative estimate of drug-likeness (QED) is 0.868. The highest BCUT2D eigenvalue weighted by Crippen LogP contribution is 2.22. The van der Waals surface area contributed by atoms with Crippen molar-refractivity contribution in [2.24, 2.45) is 0 Å². The first-order chi connectivity index (χ1) is 9.61. The van der Waals surface area contributed by atoms with Gasteiger partial charge in [-0.3, -0.25) is 4.79 Å². The summed E-state index contributed by atoms with van der Waals surface area (Å²) in [7, 11) is 3.34. The number of hydrogen-bond acceptors (Lipinski definition) is 3. The van der Waals surface area contributed by atoms with Crippen molar-refractivity contribution in [1.82, 2.24) is 0 Å². The summed E-state index contributed by atoms with van der Waals surface area (Å²) in [4.78, 5) is 13.9. The molecule has 0 bridgehead atoms. The SMILES string of the molecule is COc1cccc(CC(=O)N(C)c2ccccc2N)c1. The molecule has 20 heavy (non-hydrogen) atoms. The lowest BCUT2D eigenvalue weighted by Gasteiger charge is -2.19. The lowest BCUT2D eigenvalue weighted by Crippen LogP contribution is -2.28. The van der Waals surface area contributed by atoms with Gasteiger partial charge in [0.05, 0.1) is 24.9 Å². The van der Waals surface area contributed by atoms with Crippen LogP contribution in [0.25, 0.3) is 0 Å². The van der Waals surface area contributed by atoms with E-state index in [1.165, 1.54) is 0 Å². The number of amides is 1. The number of methoxy groups -OCH3 is 1. The molecule has 0 atom stereocenters. The topological polar surface area (TPSA) is 55.6 Å². The minimum Gasteiger partial charge on any atom is -0.497 e. The molecule has 0 aromatic heterocycles. The van der Waals surface area contributed by atoms with Crippen LogP contribution < -0.4 is 15.4 Å². The van der Waals surface area contributed by atoms with Crippen LogP contribution in [0, 0.1) is 0 Å². The van der Waals surface area contributed by atoms with Gasteiger partial charge in [0.1, 0.15) is 5.75 Å². The smallest absolute Gasteiger partial charge is 0.231 e. The number of nitrogens with two attached hydrogens (primary N) is 1. The third-order valence-electron chi connectivity index (χ3n) is 3.16. The van der Waals surface area contributed by atoms with E-state index < -0.39 is 0 Å². The fourth-order valence-corrected chi connectivity index (χ4v) is 2.00. The molecule has 0 aliphatic heterocycles. The predicted octanol–water partition coefficient (Wildman–Crippen LogP) is 2.48. The van der Waals surface area contributed by atoms with Gasteiger partial charge in [-0.25, -0.2) is 0 Å². The summed E-state index contributed by atoms with van der Waals surface area (Å²) < 4.78 is 5.16.